The quantitative estimate of drug-likeness (QED) is 0.373. The molecule has 0 aromatic heterocycles. The first-order valence-corrected chi connectivity index (χ1v) is 8.39. The van der Waals surface area contributed by atoms with E-state index < -0.39 is 5.97 Å². The topological polar surface area (TPSA) is 63.2 Å². The summed E-state index contributed by atoms with van der Waals surface area (Å²) >= 11 is 2.12. The van der Waals surface area contributed by atoms with Crippen molar-refractivity contribution in [1.29, 1.82) is 0 Å². The van der Waals surface area contributed by atoms with E-state index in [1.807, 2.05) is 13.0 Å². The van der Waals surface area contributed by atoms with Crippen LogP contribution in [0.2, 0.25) is 0 Å². The minimum atomic E-state index is -0.584. The van der Waals surface area contributed by atoms with Crippen LogP contribution in [0.1, 0.15) is 15.9 Å². The molecule has 0 aliphatic heterocycles. The first-order valence-electron chi connectivity index (χ1n) is 7.32. The van der Waals surface area contributed by atoms with Gasteiger partial charge in [-0.1, -0.05) is 6.07 Å². The first-order chi connectivity index (χ1) is 12.0. The molecule has 0 radical (unpaired) electrons. The third kappa shape index (κ3) is 3.92. The second-order valence-electron chi connectivity index (χ2n) is 5.02. The fourth-order valence-corrected chi connectivity index (χ4v) is 2.78. The summed E-state index contributed by atoms with van der Waals surface area (Å²) in [5, 5.41) is 0. The lowest BCUT2D eigenvalue weighted by atomic mass is 10.1. The van der Waals surface area contributed by atoms with Crippen molar-refractivity contribution in [2.45, 2.75) is 6.92 Å². The van der Waals surface area contributed by atoms with Crippen molar-refractivity contribution in [3.05, 3.63) is 39.0 Å². The number of benzene rings is 2. The lowest BCUT2D eigenvalue weighted by Gasteiger charge is -2.15. The number of carbonyl (C=O) groups excluding carboxylic acids is 1. The zero-order chi connectivity index (χ0) is 18.6. The summed E-state index contributed by atoms with van der Waals surface area (Å²) in [6.45, 7) is 1.93. The van der Waals surface area contributed by atoms with Crippen molar-refractivity contribution in [2.75, 3.05) is 28.4 Å². The third-order valence-corrected chi connectivity index (χ3v) is 4.93. The van der Waals surface area contributed by atoms with Crippen LogP contribution in [0.25, 0.3) is 0 Å². The number of ether oxygens (including phenoxy) is 5. The van der Waals surface area contributed by atoms with Crippen molar-refractivity contribution in [3.63, 3.8) is 0 Å². The Bertz CT molecular complexity index is 788. The van der Waals surface area contributed by atoms with Crippen molar-refractivity contribution < 1.29 is 28.5 Å². The van der Waals surface area contributed by atoms with Crippen LogP contribution in [-0.2, 0) is 0 Å². The molecule has 2 rings (SSSR count). The normalized spacial score (nSPS) is 10.2. The molecule has 0 atom stereocenters. The molecule has 2 aromatic carbocycles. The molecule has 134 valence electrons. The molecule has 0 aliphatic rings. The Hall–Kier alpha value is -2.16. The summed E-state index contributed by atoms with van der Waals surface area (Å²) in [6, 6.07) is 6.75. The molecule has 0 saturated heterocycles. The van der Waals surface area contributed by atoms with Gasteiger partial charge in [0.2, 0.25) is 0 Å². The average molecular weight is 458 g/mol. The van der Waals surface area contributed by atoms with E-state index in [2.05, 4.69) is 22.6 Å². The molecule has 0 spiro atoms. The van der Waals surface area contributed by atoms with Crippen LogP contribution in [0.5, 0.6) is 28.7 Å². The second kappa shape index (κ2) is 8.28. The predicted octanol–water partition coefficient (Wildman–Crippen LogP) is 3.85. The molecule has 0 aliphatic carbocycles. The van der Waals surface area contributed by atoms with E-state index in [0.717, 1.165) is 9.13 Å². The van der Waals surface area contributed by atoms with E-state index in [-0.39, 0.29) is 5.56 Å². The predicted molar refractivity (Wildman–Crippen MR) is 102 cm³/mol. The van der Waals surface area contributed by atoms with Crippen LogP contribution in [0.3, 0.4) is 0 Å². The van der Waals surface area contributed by atoms with Gasteiger partial charge in [-0.15, -0.1) is 0 Å². The Morgan fingerprint density at radius 3 is 1.96 bits per heavy atom. The van der Waals surface area contributed by atoms with Gasteiger partial charge in [0.1, 0.15) is 11.3 Å². The van der Waals surface area contributed by atoms with E-state index in [9.17, 15) is 4.79 Å². The highest BCUT2D eigenvalue weighted by molar-refractivity contribution is 14.1. The van der Waals surface area contributed by atoms with Crippen LogP contribution < -0.4 is 23.7 Å². The van der Waals surface area contributed by atoms with Gasteiger partial charge in [-0.05, 0) is 41.1 Å². The summed E-state index contributed by atoms with van der Waals surface area (Å²) in [7, 11) is 5.99. The number of hydrogen-bond donors (Lipinski definition) is 0. The summed E-state index contributed by atoms with van der Waals surface area (Å²) in [6.07, 6.45) is 0. The highest BCUT2D eigenvalue weighted by Gasteiger charge is 2.22. The lowest BCUT2D eigenvalue weighted by molar-refractivity contribution is 0.0724. The molecule has 0 bridgehead atoms. The number of halogens is 1. The molecular weight excluding hydrogens is 439 g/mol. The molecule has 0 N–H and O–H groups in total. The Labute approximate surface area is 160 Å². The van der Waals surface area contributed by atoms with Gasteiger partial charge in [-0.25, -0.2) is 4.79 Å². The van der Waals surface area contributed by atoms with E-state index >= 15 is 0 Å². The van der Waals surface area contributed by atoms with Crippen LogP contribution in [0, 0.1) is 10.5 Å². The minimum absolute atomic E-state index is 0.222. The SMILES string of the molecule is COc1cc(OC)c(C(=O)Oc2c(OC)ccc(C)c2I)cc1OC. The highest BCUT2D eigenvalue weighted by Crippen LogP contribution is 2.38. The van der Waals surface area contributed by atoms with E-state index in [1.165, 1.54) is 34.5 Å². The summed E-state index contributed by atoms with van der Waals surface area (Å²) < 4.78 is 27.5. The van der Waals surface area contributed by atoms with E-state index in [0.29, 0.717) is 28.7 Å². The number of methoxy groups -OCH3 is 4. The Morgan fingerprint density at radius 1 is 0.840 bits per heavy atom. The van der Waals surface area contributed by atoms with Crippen molar-refractivity contribution >= 4 is 28.6 Å². The Morgan fingerprint density at radius 2 is 1.40 bits per heavy atom. The third-order valence-electron chi connectivity index (χ3n) is 3.59. The lowest BCUT2D eigenvalue weighted by Crippen LogP contribution is -2.12. The number of hydrogen-bond acceptors (Lipinski definition) is 6. The highest BCUT2D eigenvalue weighted by atomic mass is 127. The maximum atomic E-state index is 12.7. The maximum absolute atomic E-state index is 12.7. The molecule has 0 heterocycles. The van der Waals surface area contributed by atoms with Crippen LogP contribution in [0.4, 0.5) is 0 Å². The van der Waals surface area contributed by atoms with Crippen molar-refractivity contribution in [2.24, 2.45) is 0 Å². The number of esters is 1. The molecular formula is C18H19IO6. The number of aryl methyl sites for hydroxylation is 1. The zero-order valence-electron chi connectivity index (χ0n) is 14.6. The fraction of sp³-hybridized carbons (Fsp3) is 0.278. The van der Waals surface area contributed by atoms with Gasteiger partial charge >= 0.3 is 5.97 Å². The van der Waals surface area contributed by atoms with E-state index in [4.69, 9.17) is 23.7 Å². The molecule has 0 amide bonds. The van der Waals surface area contributed by atoms with Gasteiger partial charge in [0.25, 0.3) is 0 Å². The molecule has 0 fully saturated rings. The molecule has 2 aromatic rings. The molecule has 6 nitrogen and oxygen atoms in total. The van der Waals surface area contributed by atoms with Gasteiger partial charge < -0.3 is 23.7 Å². The fourth-order valence-electron chi connectivity index (χ4n) is 2.23. The van der Waals surface area contributed by atoms with Gasteiger partial charge in [0.15, 0.2) is 23.0 Å². The maximum Gasteiger partial charge on any atom is 0.347 e. The molecule has 7 heteroatoms. The smallest absolute Gasteiger partial charge is 0.347 e. The molecule has 25 heavy (non-hydrogen) atoms. The minimum Gasteiger partial charge on any atom is -0.496 e. The summed E-state index contributed by atoms with van der Waals surface area (Å²) in [5.74, 6) is 1.44. The van der Waals surface area contributed by atoms with Crippen molar-refractivity contribution in [3.8, 4) is 28.7 Å². The van der Waals surface area contributed by atoms with Gasteiger partial charge in [-0.2, -0.15) is 0 Å². The Balaban J connectivity index is 2.47. The van der Waals surface area contributed by atoms with Crippen LogP contribution in [0.15, 0.2) is 24.3 Å². The van der Waals surface area contributed by atoms with Crippen LogP contribution >= 0.6 is 22.6 Å². The molecule has 0 saturated carbocycles. The largest absolute Gasteiger partial charge is 0.496 e. The standard InChI is InChI=1S/C18H19IO6/c1-10-6-7-12(21-2)17(16(10)19)25-18(20)11-8-14(23-4)15(24-5)9-13(11)22-3/h6-9H,1-5H3. The van der Waals surface area contributed by atoms with Crippen LogP contribution in [-0.4, -0.2) is 34.4 Å². The molecule has 0 unspecified atom stereocenters. The summed E-state index contributed by atoms with van der Waals surface area (Å²) in [5.41, 5.74) is 1.20. The Kier molecular flexibility index (Phi) is 6.35. The second-order valence-corrected chi connectivity index (χ2v) is 6.10. The average Bonchev–Trinajstić information content (AvgIpc) is 2.64. The number of rotatable bonds is 6. The number of carbonyl (C=O) groups is 1. The van der Waals surface area contributed by atoms with Crippen molar-refractivity contribution in [1.82, 2.24) is 0 Å². The van der Waals surface area contributed by atoms with Gasteiger partial charge in [0.05, 0.1) is 32.0 Å². The summed E-state index contributed by atoms with van der Waals surface area (Å²) in [4.78, 5) is 12.7. The first kappa shape index (κ1) is 19.2. The van der Waals surface area contributed by atoms with Gasteiger partial charge in [0, 0.05) is 12.1 Å². The monoisotopic (exact) mass is 458 g/mol. The zero-order valence-corrected chi connectivity index (χ0v) is 16.8. The van der Waals surface area contributed by atoms with Gasteiger partial charge in [-0.3, -0.25) is 0 Å². The van der Waals surface area contributed by atoms with E-state index in [1.54, 1.807) is 12.1 Å².